The number of aryl methyl sites for hydroxylation is 1. The molecule has 1 fully saturated rings. The summed E-state index contributed by atoms with van der Waals surface area (Å²) in [5.74, 6) is 1.66. The number of carbonyl (C=O) groups excluding carboxylic acids is 1. The van der Waals surface area contributed by atoms with Gasteiger partial charge in [0.05, 0.1) is 13.2 Å². The number of nitrogens with one attached hydrogen (secondary N) is 2. The summed E-state index contributed by atoms with van der Waals surface area (Å²) < 4.78 is 7.10. The van der Waals surface area contributed by atoms with Crippen LogP contribution in [0.5, 0.6) is 5.75 Å². The third-order valence-corrected chi connectivity index (χ3v) is 6.24. The van der Waals surface area contributed by atoms with E-state index in [4.69, 9.17) is 4.74 Å². The van der Waals surface area contributed by atoms with Gasteiger partial charge in [-0.25, -0.2) is 0 Å². The van der Waals surface area contributed by atoms with Crippen molar-refractivity contribution in [3.8, 4) is 5.75 Å². The minimum atomic E-state index is 0. The van der Waals surface area contributed by atoms with Crippen LogP contribution in [0.4, 0.5) is 0 Å². The fraction of sp³-hybridized carbons (Fsp3) is 0.478. The lowest BCUT2D eigenvalue weighted by molar-refractivity contribution is -0.121. The van der Waals surface area contributed by atoms with E-state index in [1.54, 1.807) is 13.2 Å². The molecule has 1 amide bonds. The highest BCUT2D eigenvalue weighted by Crippen LogP contribution is 2.38. The molecule has 1 aromatic heterocycles. The minimum Gasteiger partial charge on any atom is -0.497 e. The number of pyridine rings is 1. The van der Waals surface area contributed by atoms with Gasteiger partial charge in [0.15, 0.2) is 0 Å². The summed E-state index contributed by atoms with van der Waals surface area (Å²) in [6, 6.07) is 13.5. The molecule has 2 N–H and O–H groups in total. The van der Waals surface area contributed by atoms with Crippen molar-refractivity contribution in [1.29, 1.82) is 0 Å². The van der Waals surface area contributed by atoms with Crippen LogP contribution in [0.1, 0.15) is 42.5 Å². The Morgan fingerprint density at radius 2 is 2.00 bits per heavy atom. The number of rotatable bonds is 7. The molecule has 6 nitrogen and oxygen atoms in total. The summed E-state index contributed by atoms with van der Waals surface area (Å²) in [6.07, 6.45) is 3.22. The summed E-state index contributed by atoms with van der Waals surface area (Å²) in [6.45, 7) is 2.33. The summed E-state index contributed by atoms with van der Waals surface area (Å²) in [5.41, 5.74) is 2.34. The number of ether oxygens (including phenoxy) is 1. The summed E-state index contributed by atoms with van der Waals surface area (Å²) in [5, 5.41) is 6.57. The molecule has 0 saturated carbocycles. The van der Waals surface area contributed by atoms with Crippen molar-refractivity contribution in [2.24, 2.45) is 5.92 Å². The molecule has 162 valence electrons. The number of carbonyl (C=O) groups is 1. The molecular weight excluding hydrogens is 402 g/mol. The standard InChI is InChI=1S/C23H29N3O3.ClH/c1-29-19-10-8-16(9-11-19)4-2-6-22(27)25-15-21-18-12-17(13-24-14-18)20-5-3-7-23(28)26(20)21;/h3,5,7-11,17-18,21,24H,2,4,6,12-15H2,1H3,(H,25,27);1H/t17-,18+,21+;/m1./s1. The molecule has 30 heavy (non-hydrogen) atoms. The SMILES string of the molecule is COc1ccc(CCCC(=O)NC[C@H]2[C@@H]3CNC[C@@H](C3)c3cccc(=O)n32)cc1.Cl. The molecular formula is C23H30ClN3O3. The molecule has 3 atom stereocenters. The molecule has 2 aliphatic heterocycles. The first-order valence-corrected chi connectivity index (χ1v) is 10.5. The Morgan fingerprint density at radius 1 is 1.20 bits per heavy atom. The third kappa shape index (κ3) is 4.87. The van der Waals surface area contributed by atoms with Crippen molar-refractivity contribution in [2.75, 3.05) is 26.7 Å². The van der Waals surface area contributed by atoms with Gasteiger partial charge in [0.25, 0.3) is 5.56 Å². The quantitative estimate of drug-likeness (QED) is 0.707. The molecule has 0 unspecified atom stereocenters. The Morgan fingerprint density at radius 3 is 2.77 bits per heavy atom. The van der Waals surface area contributed by atoms with E-state index >= 15 is 0 Å². The molecule has 0 aliphatic carbocycles. The Labute approximate surface area is 183 Å². The monoisotopic (exact) mass is 431 g/mol. The van der Waals surface area contributed by atoms with Gasteiger partial charge in [-0.1, -0.05) is 18.2 Å². The molecule has 2 aromatic rings. The Balaban J connectivity index is 0.00000256. The number of aromatic nitrogens is 1. The highest BCUT2D eigenvalue weighted by molar-refractivity contribution is 5.85. The number of fused-ring (bicyclic) bond motifs is 4. The summed E-state index contributed by atoms with van der Waals surface area (Å²) in [4.78, 5) is 25.0. The molecule has 2 bridgehead atoms. The Bertz CT molecular complexity index is 913. The van der Waals surface area contributed by atoms with Crippen molar-refractivity contribution in [2.45, 2.75) is 37.6 Å². The van der Waals surface area contributed by atoms with Crippen LogP contribution in [-0.4, -0.2) is 37.2 Å². The second kappa shape index (κ2) is 10.1. The van der Waals surface area contributed by atoms with Gasteiger partial charge in [-0.2, -0.15) is 0 Å². The van der Waals surface area contributed by atoms with Gasteiger partial charge in [0.1, 0.15) is 5.75 Å². The molecule has 0 spiro atoms. The van der Waals surface area contributed by atoms with Crippen molar-refractivity contribution >= 4 is 18.3 Å². The number of methoxy groups -OCH3 is 1. The lowest BCUT2D eigenvalue weighted by Crippen LogP contribution is -2.50. The van der Waals surface area contributed by atoms with Crippen molar-refractivity contribution in [1.82, 2.24) is 15.2 Å². The van der Waals surface area contributed by atoms with Crippen LogP contribution in [-0.2, 0) is 11.2 Å². The van der Waals surface area contributed by atoms with E-state index in [2.05, 4.69) is 16.7 Å². The molecule has 3 heterocycles. The van der Waals surface area contributed by atoms with Crippen molar-refractivity contribution in [3.63, 3.8) is 0 Å². The van der Waals surface area contributed by atoms with E-state index in [-0.39, 0.29) is 29.9 Å². The fourth-order valence-corrected chi connectivity index (χ4v) is 4.72. The first kappa shape index (κ1) is 22.4. The van der Waals surface area contributed by atoms with Gasteiger partial charge >= 0.3 is 0 Å². The van der Waals surface area contributed by atoms with Crippen LogP contribution < -0.4 is 20.9 Å². The molecule has 1 aromatic carbocycles. The largest absolute Gasteiger partial charge is 0.497 e. The van der Waals surface area contributed by atoms with Crippen LogP contribution in [0.15, 0.2) is 47.3 Å². The van der Waals surface area contributed by atoms with Crippen LogP contribution in [0.25, 0.3) is 0 Å². The number of piperidine rings is 1. The lowest BCUT2D eigenvalue weighted by atomic mass is 9.79. The second-order valence-electron chi connectivity index (χ2n) is 8.08. The number of amides is 1. The molecule has 7 heteroatoms. The van der Waals surface area contributed by atoms with Crippen LogP contribution in [0, 0.1) is 5.92 Å². The van der Waals surface area contributed by atoms with Crippen molar-refractivity contribution in [3.05, 3.63) is 64.1 Å². The van der Waals surface area contributed by atoms with E-state index in [1.807, 2.05) is 34.9 Å². The van der Waals surface area contributed by atoms with Crippen LogP contribution >= 0.6 is 12.4 Å². The number of halogens is 1. The third-order valence-electron chi connectivity index (χ3n) is 6.24. The zero-order valence-electron chi connectivity index (χ0n) is 17.3. The highest BCUT2D eigenvalue weighted by Gasteiger charge is 2.37. The van der Waals surface area contributed by atoms with Crippen molar-refractivity contribution < 1.29 is 9.53 Å². The maximum Gasteiger partial charge on any atom is 0.251 e. The Hall–Kier alpha value is -2.31. The van der Waals surface area contributed by atoms with E-state index < -0.39 is 0 Å². The average molecular weight is 432 g/mol. The minimum absolute atomic E-state index is 0. The molecule has 1 saturated heterocycles. The summed E-state index contributed by atoms with van der Waals surface area (Å²) in [7, 11) is 1.65. The fourth-order valence-electron chi connectivity index (χ4n) is 4.72. The Kier molecular flexibility index (Phi) is 7.56. The van der Waals surface area contributed by atoms with E-state index in [9.17, 15) is 9.59 Å². The van der Waals surface area contributed by atoms with Gasteiger partial charge in [-0.15, -0.1) is 12.4 Å². The normalized spacial score (nSPS) is 21.8. The highest BCUT2D eigenvalue weighted by atomic mass is 35.5. The summed E-state index contributed by atoms with van der Waals surface area (Å²) >= 11 is 0. The number of benzene rings is 1. The zero-order valence-corrected chi connectivity index (χ0v) is 18.1. The van der Waals surface area contributed by atoms with Crippen LogP contribution in [0.2, 0.25) is 0 Å². The molecule has 0 radical (unpaired) electrons. The molecule has 2 aliphatic rings. The predicted molar refractivity (Wildman–Crippen MR) is 120 cm³/mol. The maximum atomic E-state index is 12.5. The van der Waals surface area contributed by atoms with E-state index in [0.717, 1.165) is 43.8 Å². The topological polar surface area (TPSA) is 72.4 Å². The molecule has 4 rings (SSSR count). The predicted octanol–water partition coefficient (Wildman–Crippen LogP) is 2.67. The number of hydrogen-bond acceptors (Lipinski definition) is 4. The van der Waals surface area contributed by atoms with E-state index in [1.165, 1.54) is 5.56 Å². The zero-order chi connectivity index (χ0) is 20.2. The number of hydrogen-bond donors (Lipinski definition) is 2. The van der Waals surface area contributed by atoms with Gasteiger partial charge < -0.3 is 19.9 Å². The second-order valence-corrected chi connectivity index (χ2v) is 8.08. The van der Waals surface area contributed by atoms with Gasteiger partial charge in [0.2, 0.25) is 5.91 Å². The average Bonchev–Trinajstić information content (AvgIpc) is 2.75. The lowest BCUT2D eigenvalue weighted by Gasteiger charge is -2.43. The number of nitrogens with zero attached hydrogens (tertiary/aromatic N) is 1. The van der Waals surface area contributed by atoms with Gasteiger partial charge in [-0.3, -0.25) is 9.59 Å². The van der Waals surface area contributed by atoms with Gasteiger partial charge in [0, 0.05) is 43.7 Å². The first-order chi connectivity index (χ1) is 14.2. The first-order valence-electron chi connectivity index (χ1n) is 10.5. The van der Waals surface area contributed by atoms with Crippen LogP contribution in [0.3, 0.4) is 0 Å². The maximum absolute atomic E-state index is 12.5. The van der Waals surface area contributed by atoms with E-state index in [0.29, 0.717) is 24.8 Å². The van der Waals surface area contributed by atoms with Gasteiger partial charge in [-0.05, 0) is 48.9 Å². The smallest absolute Gasteiger partial charge is 0.251 e.